The minimum Gasteiger partial charge on any atom is -0.316 e. The Labute approximate surface area is 122 Å². The van der Waals surface area contributed by atoms with Gasteiger partial charge in [0.1, 0.15) is 0 Å². The summed E-state index contributed by atoms with van der Waals surface area (Å²) in [7, 11) is 2.30. The average Bonchev–Trinajstić information content (AvgIpc) is 3.01. The number of nitrogens with zero attached hydrogens (tertiary/aromatic N) is 1. The van der Waals surface area contributed by atoms with Crippen molar-refractivity contribution < 1.29 is 0 Å². The lowest BCUT2D eigenvalue weighted by Gasteiger charge is -2.36. The standard InChI is InChI=1S/C16H28N2S/c1-4-7-16(8-9-17-12-16)13-18(3)14(2)11-15-6-5-10-19-15/h5-6,10,14,17H,4,7-9,11-13H2,1-3H3. The molecule has 19 heavy (non-hydrogen) atoms. The molecule has 0 spiro atoms. The van der Waals surface area contributed by atoms with Crippen LogP contribution in [0.5, 0.6) is 0 Å². The zero-order valence-corrected chi connectivity index (χ0v) is 13.4. The van der Waals surface area contributed by atoms with Gasteiger partial charge in [0, 0.05) is 24.0 Å². The summed E-state index contributed by atoms with van der Waals surface area (Å²) >= 11 is 1.88. The molecule has 2 unspecified atom stereocenters. The summed E-state index contributed by atoms with van der Waals surface area (Å²) < 4.78 is 0. The Morgan fingerprint density at radius 2 is 2.37 bits per heavy atom. The minimum atomic E-state index is 0.521. The Morgan fingerprint density at radius 1 is 1.53 bits per heavy atom. The first-order valence-corrected chi connectivity index (χ1v) is 8.46. The summed E-state index contributed by atoms with van der Waals surface area (Å²) in [6.07, 6.45) is 5.19. The molecule has 1 aliphatic rings. The van der Waals surface area contributed by atoms with Crippen LogP contribution < -0.4 is 5.32 Å². The second kappa shape index (κ2) is 6.87. The lowest BCUT2D eigenvalue weighted by molar-refractivity contribution is 0.144. The van der Waals surface area contributed by atoms with E-state index in [1.54, 1.807) is 0 Å². The number of thiophene rings is 1. The molecule has 0 aliphatic carbocycles. The smallest absolute Gasteiger partial charge is 0.0112 e. The fraction of sp³-hybridized carbons (Fsp3) is 0.750. The van der Waals surface area contributed by atoms with Crippen LogP contribution in [0.25, 0.3) is 0 Å². The molecule has 1 aromatic rings. The molecular weight excluding hydrogens is 252 g/mol. The summed E-state index contributed by atoms with van der Waals surface area (Å²) in [6, 6.07) is 5.05. The first-order valence-electron chi connectivity index (χ1n) is 7.58. The third-order valence-electron chi connectivity index (χ3n) is 4.53. The van der Waals surface area contributed by atoms with Crippen molar-refractivity contribution in [2.75, 3.05) is 26.7 Å². The van der Waals surface area contributed by atoms with Crippen molar-refractivity contribution in [2.45, 2.75) is 45.6 Å². The molecule has 2 heterocycles. The van der Waals surface area contributed by atoms with Crippen molar-refractivity contribution in [1.29, 1.82) is 0 Å². The van der Waals surface area contributed by atoms with E-state index >= 15 is 0 Å². The van der Waals surface area contributed by atoms with E-state index in [9.17, 15) is 0 Å². The van der Waals surface area contributed by atoms with Gasteiger partial charge in [0.2, 0.25) is 0 Å². The largest absolute Gasteiger partial charge is 0.316 e. The van der Waals surface area contributed by atoms with Crippen LogP contribution >= 0.6 is 11.3 Å². The maximum atomic E-state index is 3.56. The second-order valence-corrected chi connectivity index (χ2v) is 7.26. The maximum Gasteiger partial charge on any atom is 0.0112 e. The first kappa shape index (κ1) is 15.0. The summed E-state index contributed by atoms with van der Waals surface area (Å²) in [6.45, 7) is 8.32. The first-order chi connectivity index (χ1) is 9.15. The van der Waals surface area contributed by atoms with Gasteiger partial charge in [-0.05, 0) is 56.6 Å². The molecule has 1 aliphatic heterocycles. The number of hydrogen-bond acceptors (Lipinski definition) is 3. The number of nitrogens with one attached hydrogen (secondary N) is 1. The molecular formula is C16H28N2S. The summed E-state index contributed by atoms with van der Waals surface area (Å²) in [5.74, 6) is 0. The highest BCUT2D eigenvalue weighted by Gasteiger charge is 2.34. The molecule has 0 radical (unpaired) electrons. The fourth-order valence-electron chi connectivity index (χ4n) is 3.31. The van der Waals surface area contributed by atoms with Crippen LogP contribution in [0.3, 0.4) is 0 Å². The second-order valence-electron chi connectivity index (χ2n) is 6.22. The molecule has 0 aromatic carbocycles. The Bertz CT molecular complexity index is 355. The fourth-order valence-corrected chi connectivity index (χ4v) is 4.14. The van der Waals surface area contributed by atoms with E-state index in [1.165, 1.54) is 50.2 Å². The molecule has 1 aromatic heterocycles. The van der Waals surface area contributed by atoms with Gasteiger partial charge in [-0.3, -0.25) is 0 Å². The maximum absolute atomic E-state index is 3.56. The monoisotopic (exact) mass is 280 g/mol. The van der Waals surface area contributed by atoms with Crippen molar-refractivity contribution in [3.63, 3.8) is 0 Å². The van der Waals surface area contributed by atoms with Crippen molar-refractivity contribution >= 4 is 11.3 Å². The van der Waals surface area contributed by atoms with Gasteiger partial charge in [-0.15, -0.1) is 11.3 Å². The summed E-state index contributed by atoms with van der Waals surface area (Å²) in [4.78, 5) is 4.08. The SMILES string of the molecule is CCCC1(CN(C)C(C)Cc2cccs2)CCNC1. The van der Waals surface area contributed by atoms with Crippen LogP contribution in [0.4, 0.5) is 0 Å². The van der Waals surface area contributed by atoms with Gasteiger partial charge < -0.3 is 10.2 Å². The van der Waals surface area contributed by atoms with E-state index in [2.05, 4.69) is 48.6 Å². The lowest BCUT2D eigenvalue weighted by atomic mass is 9.81. The Hall–Kier alpha value is -0.380. The van der Waals surface area contributed by atoms with Crippen molar-refractivity contribution in [3.8, 4) is 0 Å². The quantitative estimate of drug-likeness (QED) is 0.823. The van der Waals surface area contributed by atoms with E-state index in [0.29, 0.717) is 11.5 Å². The zero-order chi connectivity index (χ0) is 13.7. The van der Waals surface area contributed by atoms with Crippen LogP contribution in [-0.2, 0) is 6.42 Å². The van der Waals surface area contributed by atoms with Gasteiger partial charge in [0.05, 0.1) is 0 Å². The van der Waals surface area contributed by atoms with E-state index in [1.807, 2.05) is 11.3 Å². The van der Waals surface area contributed by atoms with Crippen LogP contribution in [0.2, 0.25) is 0 Å². The molecule has 1 fully saturated rings. The Kier molecular flexibility index (Phi) is 5.43. The molecule has 0 amide bonds. The zero-order valence-electron chi connectivity index (χ0n) is 12.6. The summed E-state index contributed by atoms with van der Waals surface area (Å²) in [5.41, 5.74) is 0.521. The van der Waals surface area contributed by atoms with Crippen LogP contribution in [0, 0.1) is 5.41 Å². The molecule has 108 valence electrons. The molecule has 2 atom stereocenters. The molecule has 1 N–H and O–H groups in total. The highest BCUT2D eigenvalue weighted by molar-refractivity contribution is 7.09. The summed E-state index contributed by atoms with van der Waals surface area (Å²) in [5, 5.41) is 5.75. The van der Waals surface area contributed by atoms with E-state index in [0.717, 1.165) is 0 Å². The highest BCUT2D eigenvalue weighted by atomic mass is 32.1. The van der Waals surface area contributed by atoms with Gasteiger partial charge in [-0.25, -0.2) is 0 Å². The molecule has 1 saturated heterocycles. The van der Waals surface area contributed by atoms with Gasteiger partial charge in [-0.2, -0.15) is 0 Å². The lowest BCUT2D eigenvalue weighted by Crippen LogP contribution is -2.42. The third-order valence-corrected chi connectivity index (χ3v) is 5.43. The highest BCUT2D eigenvalue weighted by Crippen LogP contribution is 2.32. The molecule has 2 rings (SSSR count). The molecule has 0 bridgehead atoms. The number of rotatable bonds is 7. The van der Waals surface area contributed by atoms with Gasteiger partial charge in [-0.1, -0.05) is 19.4 Å². The van der Waals surface area contributed by atoms with Crippen LogP contribution in [0.15, 0.2) is 17.5 Å². The Balaban J connectivity index is 1.89. The van der Waals surface area contributed by atoms with Gasteiger partial charge in [0.25, 0.3) is 0 Å². The van der Waals surface area contributed by atoms with Crippen LogP contribution in [0.1, 0.15) is 38.0 Å². The number of likely N-dealkylation sites (N-methyl/N-ethyl adjacent to an activating group) is 1. The number of hydrogen-bond donors (Lipinski definition) is 1. The minimum absolute atomic E-state index is 0.521. The molecule has 2 nitrogen and oxygen atoms in total. The van der Waals surface area contributed by atoms with E-state index in [-0.39, 0.29) is 0 Å². The average molecular weight is 280 g/mol. The Morgan fingerprint density at radius 3 is 2.95 bits per heavy atom. The van der Waals surface area contributed by atoms with Crippen molar-refractivity contribution in [1.82, 2.24) is 10.2 Å². The predicted octanol–water partition coefficient (Wildman–Crippen LogP) is 3.39. The van der Waals surface area contributed by atoms with Crippen LogP contribution in [-0.4, -0.2) is 37.6 Å². The van der Waals surface area contributed by atoms with E-state index < -0.39 is 0 Å². The van der Waals surface area contributed by atoms with Gasteiger partial charge >= 0.3 is 0 Å². The topological polar surface area (TPSA) is 15.3 Å². The van der Waals surface area contributed by atoms with E-state index in [4.69, 9.17) is 0 Å². The normalized spacial score (nSPS) is 25.1. The molecule has 3 heteroatoms. The third kappa shape index (κ3) is 4.04. The molecule has 0 saturated carbocycles. The van der Waals surface area contributed by atoms with Crippen molar-refractivity contribution in [3.05, 3.63) is 22.4 Å². The van der Waals surface area contributed by atoms with Crippen molar-refractivity contribution in [2.24, 2.45) is 5.41 Å². The van der Waals surface area contributed by atoms with Gasteiger partial charge in [0.15, 0.2) is 0 Å². The predicted molar refractivity (Wildman–Crippen MR) is 84.9 cm³/mol.